The Morgan fingerprint density at radius 2 is 2.00 bits per heavy atom. The van der Waals surface area contributed by atoms with Crippen LogP contribution in [-0.2, 0) is 14.3 Å². The van der Waals surface area contributed by atoms with Crippen molar-refractivity contribution in [1.82, 2.24) is 9.80 Å². The smallest absolute Gasteiger partial charge is 0.325 e. The Morgan fingerprint density at radius 1 is 1.21 bits per heavy atom. The van der Waals surface area contributed by atoms with Gasteiger partial charge in [-0.3, -0.25) is 9.69 Å². The molecule has 1 rings (SSSR count). The van der Waals surface area contributed by atoms with Gasteiger partial charge in [0, 0.05) is 19.7 Å². The van der Waals surface area contributed by atoms with Crippen molar-refractivity contribution in [3.8, 4) is 0 Å². The van der Waals surface area contributed by atoms with E-state index in [1.807, 2.05) is 11.8 Å². The summed E-state index contributed by atoms with van der Waals surface area (Å²) in [7, 11) is 0. The second-order valence-electron chi connectivity index (χ2n) is 7.33. The molecule has 0 unspecified atom stereocenters. The predicted molar refractivity (Wildman–Crippen MR) is 120 cm³/mol. The van der Waals surface area contributed by atoms with Gasteiger partial charge in [-0.25, -0.2) is 4.99 Å². The van der Waals surface area contributed by atoms with Crippen molar-refractivity contribution < 1.29 is 14.3 Å². The first-order chi connectivity index (χ1) is 14.2. The van der Waals surface area contributed by atoms with Crippen molar-refractivity contribution in [3.63, 3.8) is 0 Å². The number of esters is 1. The number of likely N-dealkylation sites (tertiary alicyclic amines) is 1. The fourth-order valence-electron chi connectivity index (χ4n) is 3.13. The number of ether oxygens (including phenoxy) is 2. The van der Waals surface area contributed by atoms with Gasteiger partial charge < -0.3 is 14.4 Å². The molecular weight excluding hydrogens is 366 g/mol. The molecule has 1 fully saturated rings. The lowest BCUT2D eigenvalue weighted by Gasteiger charge is -2.19. The maximum atomic E-state index is 11.9. The zero-order valence-corrected chi connectivity index (χ0v) is 18.8. The highest BCUT2D eigenvalue weighted by atomic mass is 16.5. The van der Waals surface area contributed by atoms with Gasteiger partial charge in [0.05, 0.1) is 12.9 Å². The van der Waals surface area contributed by atoms with Crippen molar-refractivity contribution in [2.45, 2.75) is 59.3 Å². The summed E-state index contributed by atoms with van der Waals surface area (Å²) in [5, 5.41) is 0. The maximum Gasteiger partial charge on any atom is 0.325 e. The van der Waals surface area contributed by atoms with E-state index in [1.165, 1.54) is 31.5 Å². The van der Waals surface area contributed by atoms with Crippen LogP contribution in [0.5, 0.6) is 0 Å². The third-order valence-corrected chi connectivity index (χ3v) is 4.69. The molecule has 0 saturated carbocycles. The normalized spacial score (nSPS) is 15.6. The summed E-state index contributed by atoms with van der Waals surface area (Å²) in [6.45, 7) is 11.9. The van der Waals surface area contributed by atoms with Crippen LogP contribution in [0.4, 0.5) is 0 Å². The summed E-state index contributed by atoms with van der Waals surface area (Å²) >= 11 is 0. The summed E-state index contributed by atoms with van der Waals surface area (Å²) in [5.41, 5.74) is 1.35. The minimum absolute atomic E-state index is 0.215. The lowest BCUT2D eigenvalue weighted by Crippen LogP contribution is -2.31. The minimum Gasteiger partial charge on any atom is -0.465 e. The number of hydrogen-bond donors (Lipinski definition) is 0. The van der Waals surface area contributed by atoms with Crippen LogP contribution in [0.15, 0.2) is 28.8 Å². The molecule has 0 amide bonds. The summed E-state index contributed by atoms with van der Waals surface area (Å²) in [6.07, 6.45) is 15.1. The van der Waals surface area contributed by atoms with Gasteiger partial charge in [0.1, 0.15) is 13.3 Å². The molecule has 0 aromatic carbocycles. The van der Waals surface area contributed by atoms with Crippen LogP contribution in [0.3, 0.4) is 0 Å². The Balaban J connectivity index is 2.58. The molecule has 0 N–H and O–H groups in total. The Kier molecular flexibility index (Phi) is 15.1. The van der Waals surface area contributed by atoms with Crippen molar-refractivity contribution in [3.05, 3.63) is 23.8 Å². The molecule has 0 atom stereocenters. The Morgan fingerprint density at radius 3 is 2.69 bits per heavy atom. The molecule has 6 heteroatoms. The van der Waals surface area contributed by atoms with Crippen molar-refractivity contribution >= 4 is 12.3 Å². The van der Waals surface area contributed by atoms with E-state index in [4.69, 9.17) is 9.47 Å². The molecule has 0 aromatic rings. The Labute approximate surface area is 177 Å². The van der Waals surface area contributed by atoms with E-state index in [1.54, 1.807) is 6.34 Å². The summed E-state index contributed by atoms with van der Waals surface area (Å²) in [6, 6.07) is 0. The second kappa shape index (κ2) is 17.2. The first-order valence-corrected chi connectivity index (χ1v) is 11.2. The zero-order chi connectivity index (χ0) is 21.2. The molecule has 1 aliphatic heterocycles. The Bertz CT molecular complexity index is 511. The number of allylic oxidation sites excluding steroid dienone is 1. The van der Waals surface area contributed by atoms with E-state index in [9.17, 15) is 4.79 Å². The van der Waals surface area contributed by atoms with Gasteiger partial charge in [0.2, 0.25) is 0 Å². The van der Waals surface area contributed by atoms with E-state index >= 15 is 0 Å². The van der Waals surface area contributed by atoms with Crippen LogP contribution >= 0.6 is 0 Å². The van der Waals surface area contributed by atoms with E-state index in [0.717, 1.165) is 45.4 Å². The zero-order valence-electron chi connectivity index (χ0n) is 18.8. The van der Waals surface area contributed by atoms with Crippen LogP contribution in [0.25, 0.3) is 0 Å². The average molecular weight is 408 g/mol. The summed E-state index contributed by atoms with van der Waals surface area (Å²) in [5.74, 6) is -0.224. The van der Waals surface area contributed by atoms with Crippen LogP contribution in [0, 0.1) is 0 Å². The number of aliphatic imine (C=N–C) groups is 1. The third kappa shape index (κ3) is 13.2. The predicted octanol–water partition coefficient (Wildman–Crippen LogP) is 4.03. The molecule has 0 aliphatic carbocycles. The quantitative estimate of drug-likeness (QED) is 0.127. The van der Waals surface area contributed by atoms with Crippen LogP contribution in [0.2, 0.25) is 0 Å². The highest BCUT2D eigenvalue weighted by Gasteiger charge is 2.12. The number of carbonyl (C=O) groups is 1. The van der Waals surface area contributed by atoms with E-state index in [2.05, 4.69) is 42.0 Å². The molecule has 0 bridgehead atoms. The first-order valence-electron chi connectivity index (χ1n) is 11.2. The fraction of sp³-hybridized carbons (Fsp3) is 0.739. The van der Waals surface area contributed by atoms with Crippen LogP contribution in [0.1, 0.15) is 59.3 Å². The SMILES string of the molecule is CC/C=C\C(=C/CCN(/C=N/COCCCC)CC(=O)OCC)CN1CCCC1. The molecule has 6 nitrogen and oxygen atoms in total. The van der Waals surface area contributed by atoms with Gasteiger partial charge in [-0.1, -0.05) is 38.5 Å². The number of unbranched alkanes of at least 4 members (excludes halogenated alkanes) is 1. The number of carbonyl (C=O) groups excluding carboxylic acids is 1. The fourth-order valence-corrected chi connectivity index (χ4v) is 3.13. The topological polar surface area (TPSA) is 54.4 Å². The van der Waals surface area contributed by atoms with Gasteiger partial charge in [0.15, 0.2) is 0 Å². The molecular formula is C23H41N3O3. The van der Waals surface area contributed by atoms with Gasteiger partial charge in [-0.2, -0.15) is 0 Å². The molecule has 0 aromatic heterocycles. The average Bonchev–Trinajstić information content (AvgIpc) is 3.21. The highest BCUT2D eigenvalue weighted by molar-refractivity contribution is 5.74. The van der Waals surface area contributed by atoms with Crippen molar-refractivity contribution in [2.75, 3.05) is 52.7 Å². The number of nitrogens with zero attached hydrogens (tertiary/aromatic N) is 3. The second-order valence-corrected chi connectivity index (χ2v) is 7.33. The molecule has 1 heterocycles. The van der Waals surface area contributed by atoms with Crippen LogP contribution in [-0.4, -0.2) is 74.8 Å². The van der Waals surface area contributed by atoms with Gasteiger partial charge >= 0.3 is 5.97 Å². The first kappa shape index (κ1) is 25.4. The monoisotopic (exact) mass is 407 g/mol. The van der Waals surface area contributed by atoms with E-state index < -0.39 is 0 Å². The highest BCUT2D eigenvalue weighted by Crippen LogP contribution is 2.12. The van der Waals surface area contributed by atoms with E-state index in [-0.39, 0.29) is 12.5 Å². The molecule has 29 heavy (non-hydrogen) atoms. The third-order valence-electron chi connectivity index (χ3n) is 4.69. The van der Waals surface area contributed by atoms with Crippen LogP contribution < -0.4 is 0 Å². The molecule has 1 aliphatic rings. The number of hydrogen-bond acceptors (Lipinski definition) is 5. The Hall–Kier alpha value is -1.66. The maximum absolute atomic E-state index is 11.9. The summed E-state index contributed by atoms with van der Waals surface area (Å²) in [4.78, 5) is 20.6. The number of rotatable bonds is 16. The van der Waals surface area contributed by atoms with Gasteiger partial charge in [-0.05, 0) is 57.7 Å². The molecule has 1 saturated heterocycles. The largest absolute Gasteiger partial charge is 0.465 e. The minimum atomic E-state index is -0.224. The molecule has 166 valence electrons. The standard InChI is InChI=1S/C23H41N3O3/c1-4-7-12-22(18-25-14-9-10-15-25)13-11-16-26(19-23(27)29-6-3)20-24-21-28-17-8-5-2/h7,12-13,20H,4-6,8-11,14-19,21H2,1-3H3/b12-7-,22-13+,24-20+. The van der Waals surface area contributed by atoms with Crippen molar-refractivity contribution in [1.29, 1.82) is 0 Å². The lowest BCUT2D eigenvalue weighted by molar-refractivity contribution is -0.143. The van der Waals surface area contributed by atoms with Gasteiger partial charge in [-0.15, -0.1) is 0 Å². The van der Waals surface area contributed by atoms with Crippen molar-refractivity contribution in [2.24, 2.45) is 4.99 Å². The lowest BCUT2D eigenvalue weighted by atomic mass is 10.1. The molecule has 0 radical (unpaired) electrons. The van der Waals surface area contributed by atoms with E-state index in [0.29, 0.717) is 13.3 Å². The summed E-state index contributed by atoms with van der Waals surface area (Å²) < 4.78 is 10.6. The van der Waals surface area contributed by atoms with Gasteiger partial charge in [0.25, 0.3) is 0 Å². The molecule has 0 spiro atoms.